The second-order valence-corrected chi connectivity index (χ2v) is 7.22. The molecule has 1 aromatic rings. The van der Waals surface area contributed by atoms with Gasteiger partial charge in [0.1, 0.15) is 0 Å². The minimum absolute atomic E-state index is 0.0311. The molecule has 110 valence electrons. The molecule has 0 aromatic heterocycles. The second-order valence-electron chi connectivity index (χ2n) is 5.11. The van der Waals surface area contributed by atoms with Crippen LogP contribution in [0.4, 0.5) is 0 Å². The molecule has 0 spiro atoms. The minimum Gasteiger partial charge on any atom is -0.481 e. The van der Waals surface area contributed by atoms with Gasteiger partial charge < -0.3 is 10.0 Å². The van der Waals surface area contributed by atoms with Crippen LogP contribution in [0.1, 0.15) is 12.8 Å². The molecule has 1 N–H and O–H groups in total. The molecule has 1 fully saturated rings. The van der Waals surface area contributed by atoms with Crippen LogP contribution in [0.15, 0.2) is 35.2 Å². The van der Waals surface area contributed by atoms with Gasteiger partial charge in [-0.2, -0.15) is 0 Å². The van der Waals surface area contributed by atoms with Crippen molar-refractivity contribution in [1.82, 2.24) is 4.90 Å². The number of aliphatic carboxylic acids is 1. The van der Waals surface area contributed by atoms with Gasteiger partial charge in [-0.15, -0.1) is 0 Å². The molecular weight excluding hydrogens is 278 g/mol. The average Bonchev–Trinajstić information content (AvgIpc) is 2.46. The van der Waals surface area contributed by atoms with E-state index < -0.39 is 15.8 Å². The molecule has 0 bridgehead atoms. The number of hydrogen-bond donors (Lipinski definition) is 1. The van der Waals surface area contributed by atoms with Crippen molar-refractivity contribution < 1.29 is 18.3 Å². The van der Waals surface area contributed by atoms with E-state index in [1.165, 1.54) is 0 Å². The monoisotopic (exact) mass is 297 g/mol. The lowest BCUT2D eigenvalue weighted by Gasteiger charge is -2.30. The fourth-order valence-electron chi connectivity index (χ4n) is 2.46. The van der Waals surface area contributed by atoms with Crippen LogP contribution in [-0.4, -0.2) is 49.8 Å². The maximum atomic E-state index is 12.1. The first-order chi connectivity index (χ1) is 9.49. The van der Waals surface area contributed by atoms with E-state index in [0.29, 0.717) is 24.4 Å². The van der Waals surface area contributed by atoms with E-state index in [0.717, 1.165) is 13.0 Å². The zero-order valence-electron chi connectivity index (χ0n) is 11.2. The van der Waals surface area contributed by atoms with Crippen LogP contribution < -0.4 is 0 Å². The number of piperidine rings is 1. The fraction of sp³-hybridized carbons (Fsp3) is 0.500. The first-order valence-corrected chi connectivity index (χ1v) is 8.37. The molecule has 1 aliphatic rings. The predicted molar refractivity (Wildman–Crippen MR) is 75.3 cm³/mol. The molecule has 6 heteroatoms. The highest BCUT2D eigenvalue weighted by molar-refractivity contribution is 7.91. The quantitative estimate of drug-likeness (QED) is 0.885. The zero-order chi connectivity index (χ0) is 14.6. The van der Waals surface area contributed by atoms with E-state index >= 15 is 0 Å². The third kappa shape index (κ3) is 3.80. The number of hydrogen-bond acceptors (Lipinski definition) is 4. The number of benzene rings is 1. The maximum absolute atomic E-state index is 12.1. The normalized spacial score (nSPS) is 20.7. The lowest BCUT2D eigenvalue weighted by atomic mass is 9.98. The molecule has 1 aromatic carbocycles. The molecule has 2 rings (SSSR count). The number of likely N-dealkylation sites (tertiary alicyclic amines) is 1. The van der Waals surface area contributed by atoms with Gasteiger partial charge in [0.25, 0.3) is 0 Å². The topological polar surface area (TPSA) is 74.7 Å². The molecular formula is C14H19NO4S. The maximum Gasteiger partial charge on any atom is 0.307 e. The Labute approximate surface area is 119 Å². The predicted octanol–water partition coefficient (Wildman–Crippen LogP) is 1.26. The first-order valence-electron chi connectivity index (χ1n) is 6.72. The minimum atomic E-state index is -3.29. The van der Waals surface area contributed by atoms with Gasteiger partial charge in [0.05, 0.1) is 16.6 Å². The van der Waals surface area contributed by atoms with Crippen molar-refractivity contribution in [2.24, 2.45) is 5.92 Å². The molecule has 20 heavy (non-hydrogen) atoms. The molecule has 0 unspecified atom stereocenters. The van der Waals surface area contributed by atoms with Crippen molar-refractivity contribution in [3.05, 3.63) is 30.3 Å². The summed E-state index contributed by atoms with van der Waals surface area (Å²) in [6, 6.07) is 8.36. The SMILES string of the molecule is O=C(O)[C@H]1CCCN(CCS(=O)(=O)c2ccccc2)C1. The van der Waals surface area contributed by atoms with E-state index in [2.05, 4.69) is 0 Å². The van der Waals surface area contributed by atoms with Crippen molar-refractivity contribution in [2.75, 3.05) is 25.4 Å². The van der Waals surface area contributed by atoms with Gasteiger partial charge in [0.2, 0.25) is 0 Å². The molecule has 1 atom stereocenters. The van der Waals surface area contributed by atoms with Gasteiger partial charge in [0, 0.05) is 13.1 Å². The molecule has 0 amide bonds. The summed E-state index contributed by atoms with van der Waals surface area (Å²) < 4.78 is 24.3. The van der Waals surface area contributed by atoms with Gasteiger partial charge in [-0.1, -0.05) is 18.2 Å². The Hall–Kier alpha value is -1.40. The molecule has 0 radical (unpaired) electrons. The summed E-state index contributed by atoms with van der Waals surface area (Å²) in [6.07, 6.45) is 1.49. The van der Waals surface area contributed by atoms with Crippen molar-refractivity contribution >= 4 is 15.8 Å². The number of carboxylic acid groups (broad SMARTS) is 1. The summed E-state index contributed by atoms with van der Waals surface area (Å²) >= 11 is 0. The number of carboxylic acids is 1. The summed E-state index contributed by atoms with van der Waals surface area (Å²) in [5.74, 6) is -1.13. The Morgan fingerprint density at radius 1 is 1.30 bits per heavy atom. The Balaban J connectivity index is 1.93. The molecule has 0 aliphatic carbocycles. The van der Waals surface area contributed by atoms with Crippen molar-refractivity contribution in [1.29, 1.82) is 0 Å². The summed E-state index contributed by atoms with van der Waals surface area (Å²) in [5.41, 5.74) is 0. The van der Waals surface area contributed by atoms with E-state index in [9.17, 15) is 13.2 Å². The van der Waals surface area contributed by atoms with Crippen LogP contribution in [0.25, 0.3) is 0 Å². The van der Waals surface area contributed by atoms with E-state index in [1.54, 1.807) is 30.3 Å². The molecule has 1 aliphatic heterocycles. The summed E-state index contributed by atoms with van der Waals surface area (Å²) in [4.78, 5) is 13.2. The number of sulfone groups is 1. The molecule has 0 saturated carbocycles. The van der Waals surface area contributed by atoms with Crippen LogP contribution in [0.2, 0.25) is 0 Å². The Morgan fingerprint density at radius 3 is 2.65 bits per heavy atom. The molecule has 1 heterocycles. The van der Waals surface area contributed by atoms with Crippen LogP contribution in [-0.2, 0) is 14.6 Å². The third-order valence-electron chi connectivity index (χ3n) is 3.63. The standard InChI is InChI=1S/C14H19NO4S/c16-14(17)12-5-4-8-15(11-12)9-10-20(18,19)13-6-2-1-3-7-13/h1-3,6-7,12H,4-5,8-11H2,(H,16,17)/t12-/m0/s1. The van der Waals surface area contributed by atoms with E-state index in [-0.39, 0.29) is 11.7 Å². The first kappa shape index (κ1) is 15.0. The van der Waals surface area contributed by atoms with Gasteiger partial charge in [-0.05, 0) is 31.5 Å². The van der Waals surface area contributed by atoms with Gasteiger partial charge in [0.15, 0.2) is 9.84 Å². The zero-order valence-corrected chi connectivity index (χ0v) is 12.1. The second kappa shape index (κ2) is 6.37. The lowest BCUT2D eigenvalue weighted by Crippen LogP contribution is -2.40. The fourth-order valence-corrected chi connectivity index (χ4v) is 3.76. The molecule has 5 nitrogen and oxygen atoms in total. The Bertz CT molecular complexity index is 556. The highest BCUT2D eigenvalue weighted by Gasteiger charge is 2.26. The number of nitrogens with zero attached hydrogens (tertiary/aromatic N) is 1. The van der Waals surface area contributed by atoms with Crippen LogP contribution in [0.5, 0.6) is 0 Å². The highest BCUT2D eigenvalue weighted by atomic mass is 32.2. The average molecular weight is 297 g/mol. The van der Waals surface area contributed by atoms with E-state index in [4.69, 9.17) is 5.11 Å². The lowest BCUT2D eigenvalue weighted by molar-refractivity contribution is -0.143. The van der Waals surface area contributed by atoms with Crippen molar-refractivity contribution in [2.45, 2.75) is 17.7 Å². The Kier molecular flexibility index (Phi) is 4.77. The van der Waals surface area contributed by atoms with Crippen molar-refractivity contribution in [3.63, 3.8) is 0 Å². The van der Waals surface area contributed by atoms with Crippen LogP contribution >= 0.6 is 0 Å². The highest BCUT2D eigenvalue weighted by Crippen LogP contribution is 2.17. The summed E-state index contributed by atoms with van der Waals surface area (Å²) in [6.45, 7) is 1.61. The smallest absolute Gasteiger partial charge is 0.307 e. The van der Waals surface area contributed by atoms with E-state index in [1.807, 2.05) is 4.90 Å². The number of rotatable bonds is 5. The third-order valence-corrected chi connectivity index (χ3v) is 5.34. The van der Waals surface area contributed by atoms with Gasteiger partial charge >= 0.3 is 5.97 Å². The Morgan fingerprint density at radius 2 is 2.00 bits per heavy atom. The van der Waals surface area contributed by atoms with Crippen LogP contribution in [0, 0.1) is 5.92 Å². The molecule has 1 saturated heterocycles. The summed E-state index contributed by atoms with van der Waals surface area (Å²) in [5, 5.41) is 9.02. The van der Waals surface area contributed by atoms with Gasteiger partial charge in [-0.3, -0.25) is 4.79 Å². The van der Waals surface area contributed by atoms with Crippen LogP contribution in [0.3, 0.4) is 0 Å². The van der Waals surface area contributed by atoms with Gasteiger partial charge in [-0.25, -0.2) is 8.42 Å². The number of carbonyl (C=O) groups is 1. The summed E-state index contributed by atoms with van der Waals surface area (Å²) in [7, 11) is -3.29. The van der Waals surface area contributed by atoms with Crippen molar-refractivity contribution in [3.8, 4) is 0 Å². The largest absolute Gasteiger partial charge is 0.481 e.